The molecular weight excluding hydrogens is 501 g/mol. The van der Waals surface area contributed by atoms with E-state index in [2.05, 4.69) is 30.3 Å². The summed E-state index contributed by atoms with van der Waals surface area (Å²) in [7, 11) is -0.939. The number of nitrogens with one attached hydrogen (secondary N) is 1. The summed E-state index contributed by atoms with van der Waals surface area (Å²) in [6.45, 7) is 4.66. The van der Waals surface area contributed by atoms with Crippen LogP contribution in [0, 0.1) is 5.82 Å². The SMILES string of the molecule is C[S@](=O)CCOc1ccc(N2CCN(CCNc3nc(N)n4nc(-c5ccco5)nc4n3)CC2)c(F)c1. The quantitative estimate of drug-likeness (QED) is 0.309. The summed E-state index contributed by atoms with van der Waals surface area (Å²) >= 11 is 0. The molecule has 1 atom stereocenters. The van der Waals surface area contributed by atoms with E-state index in [1.165, 1.54) is 10.6 Å². The number of halogens is 1. The Morgan fingerprint density at radius 2 is 2.03 bits per heavy atom. The van der Waals surface area contributed by atoms with Crippen LogP contribution < -0.4 is 20.7 Å². The van der Waals surface area contributed by atoms with Crippen molar-refractivity contribution >= 4 is 34.2 Å². The lowest BCUT2D eigenvalue weighted by Gasteiger charge is -2.36. The number of hydrogen-bond donors (Lipinski definition) is 2. The molecule has 0 bridgehead atoms. The molecule has 1 aromatic carbocycles. The molecule has 0 unspecified atom stereocenters. The van der Waals surface area contributed by atoms with Gasteiger partial charge in [-0.2, -0.15) is 19.5 Å². The molecule has 1 fully saturated rings. The van der Waals surface area contributed by atoms with Crippen molar-refractivity contribution < 1.29 is 17.8 Å². The van der Waals surface area contributed by atoms with Gasteiger partial charge in [0.15, 0.2) is 5.76 Å². The fourth-order valence-corrected chi connectivity index (χ4v) is 4.36. The van der Waals surface area contributed by atoms with Gasteiger partial charge in [-0.05, 0) is 24.3 Å². The molecule has 0 saturated carbocycles. The highest BCUT2D eigenvalue weighted by atomic mass is 32.2. The van der Waals surface area contributed by atoms with Crippen molar-refractivity contribution in [3.05, 3.63) is 42.4 Å². The van der Waals surface area contributed by atoms with Crippen LogP contribution >= 0.6 is 0 Å². The lowest BCUT2D eigenvalue weighted by molar-refractivity contribution is 0.266. The van der Waals surface area contributed by atoms with Crippen LogP contribution in [0.2, 0.25) is 0 Å². The van der Waals surface area contributed by atoms with Crippen LogP contribution in [-0.4, -0.2) is 91.6 Å². The van der Waals surface area contributed by atoms with E-state index in [1.807, 2.05) is 4.90 Å². The Labute approximate surface area is 215 Å². The second-order valence-corrected chi connectivity index (χ2v) is 10.1. The molecule has 4 heterocycles. The van der Waals surface area contributed by atoms with E-state index < -0.39 is 10.8 Å². The van der Waals surface area contributed by atoms with Crippen molar-refractivity contribution in [2.24, 2.45) is 0 Å². The maximum Gasteiger partial charge on any atom is 0.259 e. The number of fused-ring (bicyclic) bond motifs is 1. The second kappa shape index (κ2) is 11.1. The van der Waals surface area contributed by atoms with E-state index in [4.69, 9.17) is 14.9 Å². The van der Waals surface area contributed by atoms with Crippen molar-refractivity contribution in [2.45, 2.75) is 0 Å². The van der Waals surface area contributed by atoms with Gasteiger partial charge in [0.2, 0.25) is 17.7 Å². The molecule has 14 heteroatoms. The number of nitrogens with two attached hydrogens (primary N) is 1. The van der Waals surface area contributed by atoms with Crippen LogP contribution in [0.5, 0.6) is 5.75 Å². The Morgan fingerprint density at radius 3 is 2.76 bits per heavy atom. The normalized spacial score (nSPS) is 15.2. The number of anilines is 3. The van der Waals surface area contributed by atoms with Crippen molar-refractivity contribution in [3.63, 3.8) is 0 Å². The fraction of sp³-hybridized carbons (Fsp3) is 0.391. The molecule has 196 valence electrons. The van der Waals surface area contributed by atoms with Gasteiger partial charge in [0, 0.05) is 62.4 Å². The molecule has 1 aliphatic heterocycles. The number of nitrogens with zero attached hydrogens (tertiary/aromatic N) is 7. The summed E-state index contributed by atoms with van der Waals surface area (Å²) in [4.78, 5) is 17.3. The first-order valence-electron chi connectivity index (χ1n) is 11.8. The van der Waals surface area contributed by atoms with Crippen LogP contribution in [-0.2, 0) is 10.8 Å². The van der Waals surface area contributed by atoms with E-state index in [0.717, 1.165) is 19.6 Å². The third-order valence-electron chi connectivity index (χ3n) is 5.96. The molecule has 3 aromatic heterocycles. The Morgan fingerprint density at radius 1 is 1.19 bits per heavy atom. The fourth-order valence-electron chi connectivity index (χ4n) is 4.04. The summed E-state index contributed by atoms with van der Waals surface area (Å²) in [5, 5.41) is 7.48. The lowest BCUT2D eigenvalue weighted by atomic mass is 10.2. The molecule has 1 aliphatic rings. The van der Waals surface area contributed by atoms with Crippen molar-refractivity contribution in [1.82, 2.24) is 29.5 Å². The minimum Gasteiger partial charge on any atom is -0.493 e. The Bertz CT molecular complexity index is 1370. The Hall–Kier alpha value is -3.78. The average Bonchev–Trinajstić information content (AvgIpc) is 3.55. The zero-order valence-corrected chi connectivity index (χ0v) is 21.2. The average molecular weight is 530 g/mol. The number of furan rings is 1. The first kappa shape index (κ1) is 24.9. The molecular formula is C23H28FN9O3S. The topological polar surface area (TPSA) is 140 Å². The molecule has 3 N–H and O–H groups in total. The first-order chi connectivity index (χ1) is 18.0. The van der Waals surface area contributed by atoms with Gasteiger partial charge in [0.25, 0.3) is 5.78 Å². The van der Waals surface area contributed by atoms with Crippen LogP contribution in [0.1, 0.15) is 0 Å². The highest BCUT2D eigenvalue weighted by molar-refractivity contribution is 7.84. The minimum absolute atomic E-state index is 0.171. The standard InChI is InChI=1S/C23H28FN9O3S/c1-37(34)14-13-35-16-4-5-18(17(24)15-16)32-10-8-31(9-11-32)7-6-26-22-28-21(25)33-23(29-22)27-20(30-33)19-3-2-12-36-19/h2-5,12,15H,6-11,13-14H2,1H3,(H3,25,26,27,28,29,30)/t37-/m0/s1. The molecule has 5 rings (SSSR count). The minimum atomic E-state index is -0.939. The highest BCUT2D eigenvalue weighted by Gasteiger charge is 2.20. The maximum atomic E-state index is 14.7. The van der Waals surface area contributed by atoms with Crippen molar-refractivity contribution in [2.75, 3.05) is 73.8 Å². The Balaban J connectivity index is 1.11. The number of ether oxygens (including phenoxy) is 1. The van der Waals surface area contributed by atoms with E-state index in [1.54, 1.807) is 36.8 Å². The molecule has 0 radical (unpaired) electrons. The van der Waals surface area contributed by atoms with E-state index in [-0.39, 0.29) is 11.8 Å². The molecule has 37 heavy (non-hydrogen) atoms. The van der Waals surface area contributed by atoms with Gasteiger partial charge in [0.05, 0.1) is 24.3 Å². The number of nitrogen functional groups attached to an aromatic ring is 1. The van der Waals surface area contributed by atoms with Gasteiger partial charge in [-0.25, -0.2) is 4.39 Å². The number of benzene rings is 1. The van der Waals surface area contributed by atoms with Gasteiger partial charge in [-0.15, -0.1) is 5.10 Å². The van der Waals surface area contributed by atoms with Gasteiger partial charge in [0.1, 0.15) is 11.6 Å². The van der Waals surface area contributed by atoms with E-state index >= 15 is 0 Å². The van der Waals surface area contributed by atoms with E-state index in [9.17, 15) is 8.60 Å². The van der Waals surface area contributed by atoms with Gasteiger partial charge in [-0.3, -0.25) is 9.11 Å². The summed E-state index contributed by atoms with van der Waals surface area (Å²) in [5.74, 6) is 2.32. The maximum absolute atomic E-state index is 14.7. The van der Waals surface area contributed by atoms with Crippen LogP contribution in [0.4, 0.5) is 22.0 Å². The molecule has 0 aliphatic carbocycles. The molecule has 12 nitrogen and oxygen atoms in total. The predicted molar refractivity (Wildman–Crippen MR) is 139 cm³/mol. The van der Waals surface area contributed by atoms with Crippen LogP contribution in [0.25, 0.3) is 17.4 Å². The molecule has 0 amide bonds. The summed E-state index contributed by atoms with van der Waals surface area (Å²) in [6.07, 6.45) is 3.16. The lowest BCUT2D eigenvalue weighted by Crippen LogP contribution is -2.48. The molecule has 1 saturated heterocycles. The van der Waals surface area contributed by atoms with Gasteiger partial charge < -0.3 is 25.1 Å². The van der Waals surface area contributed by atoms with Crippen LogP contribution in [0.3, 0.4) is 0 Å². The number of rotatable bonds is 10. The summed E-state index contributed by atoms with van der Waals surface area (Å²) in [5.41, 5.74) is 6.60. The zero-order chi connectivity index (χ0) is 25.8. The third kappa shape index (κ3) is 5.97. The van der Waals surface area contributed by atoms with Crippen molar-refractivity contribution in [1.29, 1.82) is 0 Å². The summed E-state index contributed by atoms with van der Waals surface area (Å²) < 4.78 is 38.0. The van der Waals surface area contributed by atoms with Crippen LogP contribution in [0.15, 0.2) is 41.0 Å². The number of piperazine rings is 1. The monoisotopic (exact) mass is 529 g/mol. The predicted octanol–water partition coefficient (Wildman–Crippen LogP) is 1.49. The van der Waals surface area contributed by atoms with E-state index in [0.29, 0.717) is 66.7 Å². The Kier molecular flexibility index (Phi) is 7.46. The molecule has 4 aromatic rings. The number of hydrogen-bond acceptors (Lipinski definition) is 11. The van der Waals surface area contributed by atoms with Gasteiger partial charge >= 0.3 is 0 Å². The summed E-state index contributed by atoms with van der Waals surface area (Å²) in [6, 6.07) is 8.40. The number of aromatic nitrogens is 5. The van der Waals surface area contributed by atoms with Crippen molar-refractivity contribution in [3.8, 4) is 17.3 Å². The largest absolute Gasteiger partial charge is 0.493 e. The molecule has 0 spiro atoms. The first-order valence-corrected chi connectivity index (χ1v) is 13.6. The third-order valence-corrected chi connectivity index (χ3v) is 6.70. The smallest absolute Gasteiger partial charge is 0.259 e. The zero-order valence-electron chi connectivity index (χ0n) is 20.3. The highest BCUT2D eigenvalue weighted by Crippen LogP contribution is 2.25. The van der Waals surface area contributed by atoms with Gasteiger partial charge in [-0.1, -0.05) is 0 Å². The second-order valence-electron chi connectivity index (χ2n) is 8.52.